The first-order chi connectivity index (χ1) is 8.56. The van der Waals surface area contributed by atoms with Gasteiger partial charge in [-0.15, -0.1) is 0 Å². The van der Waals surface area contributed by atoms with Gasteiger partial charge in [0.2, 0.25) is 5.91 Å². The van der Waals surface area contributed by atoms with Gasteiger partial charge < -0.3 is 10.4 Å². The van der Waals surface area contributed by atoms with Gasteiger partial charge in [-0.05, 0) is 31.4 Å². The molecule has 0 spiro atoms. The smallest absolute Gasteiger partial charge is 0.225 e. The third-order valence-corrected chi connectivity index (χ3v) is 3.42. The van der Waals surface area contributed by atoms with Crippen LogP contribution in [0.4, 0.5) is 8.78 Å². The highest BCUT2D eigenvalue weighted by Crippen LogP contribution is 2.31. The molecule has 0 radical (unpaired) electrons. The minimum Gasteiger partial charge on any atom is -0.394 e. The fraction of sp³-hybridized carbons (Fsp3) is 0.462. The molecule has 0 aromatic heterocycles. The minimum atomic E-state index is -0.725. The normalized spacial score (nSPS) is 17.1. The van der Waals surface area contributed by atoms with Crippen molar-refractivity contribution in [2.45, 2.75) is 31.2 Å². The first kappa shape index (κ1) is 13.0. The summed E-state index contributed by atoms with van der Waals surface area (Å²) in [7, 11) is 0. The highest BCUT2D eigenvalue weighted by atomic mass is 19.1. The summed E-state index contributed by atoms with van der Waals surface area (Å²) in [6, 6.07) is 3.50. The number of benzene rings is 1. The summed E-state index contributed by atoms with van der Waals surface area (Å²) in [6.07, 6.45) is 2.00. The molecule has 2 rings (SSSR count). The van der Waals surface area contributed by atoms with E-state index in [0.29, 0.717) is 12.8 Å². The zero-order chi connectivity index (χ0) is 13.2. The molecule has 1 fully saturated rings. The van der Waals surface area contributed by atoms with Crippen molar-refractivity contribution in [3.8, 4) is 0 Å². The number of nitrogens with one attached hydrogen (secondary N) is 1. The van der Waals surface area contributed by atoms with Gasteiger partial charge in [-0.25, -0.2) is 8.78 Å². The van der Waals surface area contributed by atoms with Crippen molar-refractivity contribution in [2.75, 3.05) is 6.61 Å². The second-order valence-electron chi connectivity index (χ2n) is 4.72. The zero-order valence-electron chi connectivity index (χ0n) is 9.88. The lowest BCUT2D eigenvalue weighted by molar-refractivity contribution is -0.124. The second-order valence-corrected chi connectivity index (χ2v) is 4.72. The number of amides is 1. The molecule has 1 saturated carbocycles. The van der Waals surface area contributed by atoms with Crippen molar-refractivity contribution < 1.29 is 18.7 Å². The van der Waals surface area contributed by atoms with E-state index >= 15 is 0 Å². The predicted octanol–water partition coefficient (Wildman–Crippen LogP) is 1.54. The number of carbonyl (C=O) groups is 1. The molecule has 1 aromatic carbocycles. The lowest BCUT2D eigenvalue weighted by Crippen LogP contribution is -2.56. The summed E-state index contributed by atoms with van der Waals surface area (Å²) in [5, 5.41) is 11.9. The van der Waals surface area contributed by atoms with E-state index < -0.39 is 23.1 Å². The average molecular weight is 255 g/mol. The predicted molar refractivity (Wildman–Crippen MR) is 61.9 cm³/mol. The van der Waals surface area contributed by atoms with Crippen molar-refractivity contribution in [3.05, 3.63) is 35.4 Å². The molecule has 1 aromatic rings. The highest BCUT2D eigenvalue weighted by molar-refractivity contribution is 5.79. The van der Waals surface area contributed by atoms with Gasteiger partial charge in [0, 0.05) is 5.56 Å². The zero-order valence-corrected chi connectivity index (χ0v) is 9.88. The van der Waals surface area contributed by atoms with Gasteiger partial charge in [0.05, 0.1) is 18.6 Å². The van der Waals surface area contributed by atoms with E-state index in [1.807, 2.05) is 0 Å². The third kappa shape index (κ3) is 2.51. The van der Waals surface area contributed by atoms with Gasteiger partial charge in [0.25, 0.3) is 0 Å². The van der Waals surface area contributed by atoms with Crippen LogP contribution in [-0.4, -0.2) is 23.2 Å². The number of rotatable bonds is 4. The SMILES string of the molecule is O=C(Cc1c(F)cccc1F)NC1(CO)CCC1. The van der Waals surface area contributed by atoms with E-state index in [4.69, 9.17) is 0 Å². The number of carbonyl (C=O) groups excluding carboxylic acids is 1. The van der Waals surface area contributed by atoms with E-state index in [1.54, 1.807) is 0 Å². The second kappa shape index (κ2) is 5.02. The molecular formula is C13H15F2NO2. The lowest BCUT2D eigenvalue weighted by atomic mass is 9.77. The standard InChI is InChI=1S/C13H15F2NO2/c14-10-3-1-4-11(15)9(10)7-12(18)16-13(8-17)5-2-6-13/h1,3-4,17H,2,5-8H2,(H,16,18). The van der Waals surface area contributed by atoms with Gasteiger partial charge in [-0.3, -0.25) is 4.79 Å². The lowest BCUT2D eigenvalue weighted by Gasteiger charge is -2.41. The third-order valence-electron chi connectivity index (χ3n) is 3.42. The fourth-order valence-corrected chi connectivity index (χ4v) is 2.13. The van der Waals surface area contributed by atoms with Crippen LogP contribution < -0.4 is 5.32 Å². The summed E-state index contributed by atoms with van der Waals surface area (Å²) in [4.78, 5) is 11.7. The van der Waals surface area contributed by atoms with Crippen LogP contribution in [0.5, 0.6) is 0 Å². The summed E-state index contributed by atoms with van der Waals surface area (Å²) < 4.78 is 26.7. The molecule has 3 nitrogen and oxygen atoms in total. The average Bonchev–Trinajstić information content (AvgIpc) is 2.29. The Labute approximate surface area is 104 Å². The van der Waals surface area contributed by atoms with Crippen LogP contribution in [0, 0.1) is 11.6 Å². The molecule has 0 atom stereocenters. The monoisotopic (exact) mass is 255 g/mol. The van der Waals surface area contributed by atoms with Crippen molar-refractivity contribution in [1.29, 1.82) is 0 Å². The van der Waals surface area contributed by atoms with E-state index in [0.717, 1.165) is 18.6 Å². The Balaban J connectivity index is 2.03. The van der Waals surface area contributed by atoms with Crippen molar-refractivity contribution >= 4 is 5.91 Å². The van der Waals surface area contributed by atoms with Crippen LogP contribution in [0.1, 0.15) is 24.8 Å². The van der Waals surface area contributed by atoms with Crippen LogP contribution in [0.2, 0.25) is 0 Å². The molecule has 5 heteroatoms. The van der Waals surface area contributed by atoms with Crippen LogP contribution in [-0.2, 0) is 11.2 Å². The maximum absolute atomic E-state index is 13.4. The molecule has 0 heterocycles. The number of hydrogen-bond donors (Lipinski definition) is 2. The van der Waals surface area contributed by atoms with Crippen molar-refractivity contribution in [3.63, 3.8) is 0 Å². The van der Waals surface area contributed by atoms with Gasteiger partial charge in [0.1, 0.15) is 11.6 Å². The molecule has 1 aliphatic carbocycles. The van der Waals surface area contributed by atoms with Crippen LogP contribution in [0.25, 0.3) is 0 Å². The van der Waals surface area contributed by atoms with Gasteiger partial charge >= 0.3 is 0 Å². The molecule has 0 unspecified atom stereocenters. The van der Waals surface area contributed by atoms with E-state index in [9.17, 15) is 18.7 Å². The Morgan fingerprint density at radius 1 is 1.33 bits per heavy atom. The summed E-state index contributed by atoms with van der Waals surface area (Å²) in [5.74, 6) is -1.92. The topological polar surface area (TPSA) is 49.3 Å². The Morgan fingerprint density at radius 2 is 1.94 bits per heavy atom. The van der Waals surface area contributed by atoms with Gasteiger partial charge in [-0.1, -0.05) is 6.07 Å². The summed E-state index contributed by atoms with van der Waals surface area (Å²) >= 11 is 0. The molecule has 0 aliphatic heterocycles. The number of aliphatic hydroxyl groups is 1. The maximum Gasteiger partial charge on any atom is 0.225 e. The van der Waals surface area contributed by atoms with Crippen molar-refractivity contribution in [2.24, 2.45) is 0 Å². The molecule has 0 saturated heterocycles. The Kier molecular flexibility index (Phi) is 3.61. The largest absolute Gasteiger partial charge is 0.394 e. The molecule has 18 heavy (non-hydrogen) atoms. The van der Waals surface area contributed by atoms with E-state index in [1.165, 1.54) is 6.07 Å². The Hall–Kier alpha value is -1.49. The molecule has 98 valence electrons. The number of hydrogen-bond acceptors (Lipinski definition) is 2. The molecule has 1 aliphatic rings. The Morgan fingerprint density at radius 3 is 2.39 bits per heavy atom. The van der Waals surface area contributed by atoms with E-state index in [2.05, 4.69) is 5.32 Å². The maximum atomic E-state index is 13.4. The summed E-state index contributed by atoms with van der Waals surface area (Å²) in [6.45, 7) is -0.140. The first-order valence-corrected chi connectivity index (χ1v) is 5.91. The van der Waals surface area contributed by atoms with Gasteiger partial charge in [0.15, 0.2) is 0 Å². The number of aliphatic hydroxyl groups excluding tert-OH is 1. The molecular weight excluding hydrogens is 240 g/mol. The molecule has 1 amide bonds. The Bertz CT molecular complexity index is 433. The highest BCUT2D eigenvalue weighted by Gasteiger charge is 2.37. The van der Waals surface area contributed by atoms with E-state index in [-0.39, 0.29) is 18.6 Å². The minimum absolute atomic E-state index is 0.140. The first-order valence-electron chi connectivity index (χ1n) is 5.91. The fourth-order valence-electron chi connectivity index (χ4n) is 2.13. The molecule has 0 bridgehead atoms. The molecule has 2 N–H and O–H groups in total. The van der Waals surface area contributed by atoms with Crippen LogP contribution in [0.15, 0.2) is 18.2 Å². The van der Waals surface area contributed by atoms with Crippen LogP contribution >= 0.6 is 0 Å². The number of halogens is 2. The van der Waals surface area contributed by atoms with Crippen molar-refractivity contribution in [1.82, 2.24) is 5.32 Å². The van der Waals surface area contributed by atoms with Crippen LogP contribution in [0.3, 0.4) is 0 Å². The quantitative estimate of drug-likeness (QED) is 0.857. The summed E-state index contributed by atoms with van der Waals surface area (Å²) in [5.41, 5.74) is -0.818. The van der Waals surface area contributed by atoms with Gasteiger partial charge in [-0.2, -0.15) is 0 Å².